The maximum absolute atomic E-state index is 13.1. The SMILES string of the molecule is C=C(C)C(=O)OCCCCCCOc1ccc(C(=O)Oc2ccc(/N=N/c3ccc(C(=O)Oc4ccc(OCCCC)cc4)cc3)c3ccccc23)cc1. The molecule has 278 valence electrons. The van der Waals surface area contributed by atoms with Crippen LogP contribution in [0.15, 0.2) is 132 Å². The lowest BCUT2D eigenvalue weighted by atomic mass is 10.1. The predicted octanol–water partition coefficient (Wildman–Crippen LogP) is 10.9. The molecular weight excluding hydrogens is 684 g/mol. The van der Waals surface area contributed by atoms with Crippen LogP contribution in [0.2, 0.25) is 0 Å². The minimum absolute atomic E-state index is 0.356. The first-order valence-electron chi connectivity index (χ1n) is 18.1. The molecule has 0 saturated carbocycles. The number of benzene rings is 5. The van der Waals surface area contributed by atoms with Crippen LogP contribution < -0.4 is 18.9 Å². The smallest absolute Gasteiger partial charge is 0.343 e. The summed E-state index contributed by atoms with van der Waals surface area (Å²) in [5, 5.41) is 10.3. The molecule has 0 saturated heterocycles. The van der Waals surface area contributed by atoms with Gasteiger partial charge in [0, 0.05) is 16.3 Å². The largest absolute Gasteiger partial charge is 0.494 e. The molecule has 0 heterocycles. The number of fused-ring (bicyclic) bond motifs is 1. The lowest BCUT2D eigenvalue weighted by molar-refractivity contribution is -0.139. The summed E-state index contributed by atoms with van der Waals surface area (Å²) in [6.07, 6.45) is 5.55. The molecule has 0 atom stereocenters. The molecule has 0 aliphatic rings. The van der Waals surface area contributed by atoms with Crippen molar-refractivity contribution in [2.45, 2.75) is 52.4 Å². The van der Waals surface area contributed by atoms with Crippen LogP contribution in [-0.2, 0) is 9.53 Å². The molecule has 0 aliphatic heterocycles. The van der Waals surface area contributed by atoms with Gasteiger partial charge >= 0.3 is 17.9 Å². The molecule has 0 N–H and O–H groups in total. The third-order valence-electron chi connectivity index (χ3n) is 8.22. The number of nitrogens with zero attached hydrogens (tertiary/aromatic N) is 2. The Morgan fingerprint density at radius 3 is 1.78 bits per heavy atom. The topological polar surface area (TPSA) is 122 Å². The van der Waals surface area contributed by atoms with E-state index in [-0.39, 0.29) is 5.97 Å². The van der Waals surface area contributed by atoms with Crippen molar-refractivity contribution in [2.24, 2.45) is 10.2 Å². The Labute approximate surface area is 315 Å². The zero-order valence-corrected chi connectivity index (χ0v) is 30.6. The first kappa shape index (κ1) is 38.9. The van der Waals surface area contributed by atoms with Gasteiger partial charge in [0.15, 0.2) is 0 Å². The Bertz CT molecular complexity index is 2060. The van der Waals surface area contributed by atoms with Gasteiger partial charge in [-0.3, -0.25) is 0 Å². The van der Waals surface area contributed by atoms with Crippen molar-refractivity contribution < 1.29 is 38.1 Å². The van der Waals surface area contributed by atoms with Crippen molar-refractivity contribution in [1.29, 1.82) is 0 Å². The number of hydrogen-bond acceptors (Lipinski definition) is 10. The van der Waals surface area contributed by atoms with Crippen LogP contribution in [0.5, 0.6) is 23.0 Å². The minimum atomic E-state index is -0.500. The van der Waals surface area contributed by atoms with Crippen LogP contribution in [0, 0.1) is 0 Å². The van der Waals surface area contributed by atoms with Gasteiger partial charge in [-0.1, -0.05) is 44.2 Å². The summed E-state index contributed by atoms with van der Waals surface area (Å²) in [4.78, 5) is 37.2. The number of azo groups is 1. The highest BCUT2D eigenvalue weighted by Crippen LogP contribution is 2.35. The molecular formula is C44H44N2O8. The Kier molecular flexibility index (Phi) is 14.5. The van der Waals surface area contributed by atoms with Crippen LogP contribution in [-0.4, -0.2) is 37.7 Å². The maximum atomic E-state index is 13.1. The predicted molar refractivity (Wildman–Crippen MR) is 208 cm³/mol. The van der Waals surface area contributed by atoms with E-state index < -0.39 is 11.9 Å². The van der Waals surface area contributed by atoms with Crippen molar-refractivity contribution in [3.8, 4) is 23.0 Å². The van der Waals surface area contributed by atoms with Gasteiger partial charge in [-0.15, -0.1) is 5.11 Å². The van der Waals surface area contributed by atoms with E-state index in [0.717, 1.165) is 49.7 Å². The van der Waals surface area contributed by atoms with Gasteiger partial charge < -0.3 is 23.7 Å². The second-order valence-corrected chi connectivity index (χ2v) is 12.5. The zero-order valence-electron chi connectivity index (χ0n) is 30.6. The summed E-state index contributed by atoms with van der Waals surface area (Å²) < 4.78 is 27.9. The van der Waals surface area contributed by atoms with Crippen LogP contribution in [0.1, 0.15) is 73.1 Å². The van der Waals surface area contributed by atoms with Gasteiger partial charge in [0.1, 0.15) is 23.0 Å². The molecule has 5 rings (SSSR count). The quantitative estimate of drug-likeness (QED) is 0.0271. The van der Waals surface area contributed by atoms with E-state index in [4.69, 9.17) is 23.7 Å². The van der Waals surface area contributed by atoms with Crippen molar-refractivity contribution in [1.82, 2.24) is 0 Å². The summed E-state index contributed by atoms with van der Waals surface area (Å²) >= 11 is 0. The highest BCUT2D eigenvalue weighted by atomic mass is 16.5. The Morgan fingerprint density at radius 2 is 1.13 bits per heavy atom. The molecule has 0 fully saturated rings. The fourth-order valence-electron chi connectivity index (χ4n) is 5.19. The number of esters is 3. The van der Waals surface area contributed by atoms with Gasteiger partial charge in [0.25, 0.3) is 0 Å². The minimum Gasteiger partial charge on any atom is -0.494 e. The molecule has 0 aliphatic carbocycles. The number of carbonyl (C=O) groups is 3. The van der Waals surface area contributed by atoms with E-state index >= 15 is 0 Å². The number of ether oxygens (including phenoxy) is 5. The second kappa shape index (κ2) is 20.1. The van der Waals surface area contributed by atoms with Crippen LogP contribution in [0.25, 0.3) is 10.8 Å². The summed E-state index contributed by atoms with van der Waals surface area (Å²) in [5.41, 5.74) is 2.30. The van der Waals surface area contributed by atoms with Crippen LogP contribution >= 0.6 is 0 Å². The molecule has 0 spiro atoms. The van der Waals surface area contributed by atoms with E-state index in [1.807, 2.05) is 24.3 Å². The van der Waals surface area contributed by atoms with Gasteiger partial charge in [-0.05, 0) is 124 Å². The van der Waals surface area contributed by atoms with Crippen molar-refractivity contribution in [2.75, 3.05) is 19.8 Å². The maximum Gasteiger partial charge on any atom is 0.343 e. The third-order valence-corrected chi connectivity index (χ3v) is 8.22. The molecule has 0 radical (unpaired) electrons. The molecule has 5 aromatic rings. The first-order valence-corrected chi connectivity index (χ1v) is 18.1. The number of rotatable bonds is 19. The fourth-order valence-corrected chi connectivity index (χ4v) is 5.19. The number of carbonyl (C=O) groups excluding carboxylic acids is 3. The Hall–Kier alpha value is -6.29. The lowest BCUT2D eigenvalue weighted by Gasteiger charge is -2.10. The van der Waals surface area contributed by atoms with Crippen molar-refractivity contribution >= 4 is 40.1 Å². The molecule has 0 unspecified atom stereocenters. The molecule has 5 aromatic carbocycles. The molecule has 0 aromatic heterocycles. The number of unbranched alkanes of at least 4 members (excludes halogenated alkanes) is 4. The van der Waals surface area contributed by atoms with Gasteiger partial charge in [-0.2, -0.15) is 5.11 Å². The van der Waals surface area contributed by atoms with E-state index in [9.17, 15) is 14.4 Å². The Balaban J connectivity index is 1.11. The average Bonchev–Trinajstić information content (AvgIpc) is 3.19. The summed E-state index contributed by atoms with van der Waals surface area (Å²) in [6.45, 7) is 8.88. The molecule has 54 heavy (non-hydrogen) atoms. The third kappa shape index (κ3) is 11.6. The molecule has 0 amide bonds. The van der Waals surface area contributed by atoms with Gasteiger partial charge in [-0.25, -0.2) is 14.4 Å². The standard InChI is InChI=1S/C44H44N2O8/c1-4-5-28-50-36-22-24-37(25-23-36)53-43(48)32-14-18-34(19-15-32)45-46-40-26-27-41(39-13-9-8-12-38(39)40)54-44(49)33-16-20-35(21-17-33)51-29-10-6-7-11-30-52-42(47)31(2)3/h8-9,12-27H,2,4-7,10-11,28-30H2,1,3H3/b46-45+. The summed E-state index contributed by atoms with van der Waals surface area (Å²) in [6, 6.07) is 31.4. The lowest BCUT2D eigenvalue weighted by Crippen LogP contribution is -2.08. The normalized spacial score (nSPS) is 10.9. The van der Waals surface area contributed by atoms with Gasteiger partial charge in [0.2, 0.25) is 0 Å². The number of hydrogen-bond donors (Lipinski definition) is 0. The highest BCUT2D eigenvalue weighted by Gasteiger charge is 2.14. The summed E-state index contributed by atoms with van der Waals surface area (Å²) in [7, 11) is 0. The van der Waals surface area contributed by atoms with E-state index in [2.05, 4.69) is 23.7 Å². The zero-order chi connectivity index (χ0) is 38.1. The van der Waals surface area contributed by atoms with Gasteiger partial charge in [0.05, 0.1) is 42.3 Å². The Morgan fingerprint density at radius 1 is 0.574 bits per heavy atom. The molecule has 0 bridgehead atoms. The first-order chi connectivity index (χ1) is 26.3. The van der Waals surface area contributed by atoms with E-state index in [1.165, 1.54) is 0 Å². The van der Waals surface area contributed by atoms with Crippen LogP contribution in [0.4, 0.5) is 11.4 Å². The summed E-state index contributed by atoms with van der Waals surface area (Å²) in [5.74, 6) is 0.863. The highest BCUT2D eigenvalue weighted by molar-refractivity contribution is 6.00. The molecule has 10 heteroatoms. The average molecular weight is 729 g/mol. The van der Waals surface area contributed by atoms with Crippen molar-refractivity contribution in [3.05, 3.63) is 132 Å². The van der Waals surface area contributed by atoms with E-state index in [1.54, 1.807) is 91.9 Å². The fraction of sp³-hybridized carbons (Fsp3) is 0.250. The van der Waals surface area contributed by atoms with Crippen LogP contribution in [0.3, 0.4) is 0 Å². The monoisotopic (exact) mass is 728 g/mol. The van der Waals surface area contributed by atoms with E-state index in [0.29, 0.717) is 70.5 Å². The second-order valence-electron chi connectivity index (χ2n) is 12.5. The molecule has 10 nitrogen and oxygen atoms in total. The van der Waals surface area contributed by atoms with Crippen molar-refractivity contribution in [3.63, 3.8) is 0 Å².